The van der Waals surface area contributed by atoms with E-state index in [2.05, 4.69) is 0 Å². The first kappa shape index (κ1) is 16.7. The van der Waals surface area contributed by atoms with Crippen LogP contribution in [0.2, 0.25) is 0 Å². The molecule has 1 aliphatic carbocycles. The number of rotatable bonds is 5. The molecule has 0 aromatic rings. The first-order valence-electron chi connectivity index (χ1n) is 7.73. The number of carbonyl (C=O) groups excluding carboxylic acids is 1. The Balaban J connectivity index is 2.09. The zero-order valence-corrected chi connectivity index (χ0v) is 13.1. The van der Waals surface area contributed by atoms with E-state index in [4.69, 9.17) is 5.11 Å². The molecule has 1 amide bonds. The summed E-state index contributed by atoms with van der Waals surface area (Å²) in [6.45, 7) is -0.403. The highest BCUT2D eigenvalue weighted by atomic mass is 32.2. The van der Waals surface area contributed by atoms with E-state index in [0.29, 0.717) is 6.42 Å². The summed E-state index contributed by atoms with van der Waals surface area (Å²) in [7, 11) is -3.09. The minimum atomic E-state index is -3.09. The molecule has 2 atom stereocenters. The van der Waals surface area contributed by atoms with Crippen molar-refractivity contribution in [2.45, 2.75) is 50.7 Å². The number of aliphatic hydroxyl groups excluding tert-OH is 2. The molecule has 21 heavy (non-hydrogen) atoms. The van der Waals surface area contributed by atoms with E-state index in [0.717, 1.165) is 32.1 Å². The average Bonchev–Trinajstić information content (AvgIpc) is 2.84. The van der Waals surface area contributed by atoms with Crippen LogP contribution in [-0.4, -0.2) is 66.2 Å². The summed E-state index contributed by atoms with van der Waals surface area (Å²) in [4.78, 5) is 14.2. The molecule has 122 valence electrons. The minimum Gasteiger partial charge on any atom is -0.394 e. The number of hydrogen-bond acceptors (Lipinski definition) is 5. The van der Waals surface area contributed by atoms with Crippen LogP contribution < -0.4 is 0 Å². The maximum absolute atomic E-state index is 12.7. The molecular formula is C14H25NO5S. The third kappa shape index (κ3) is 4.40. The molecule has 0 spiro atoms. The molecule has 0 unspecified atom stereocenters. The van der Waals surface area contributed by atoms with Crippen molar-refractivity contribution in [3.8, 4) is 0 Å². The summed E-state index contributed by atoms with van der Waals surface area (Å²) < 4.78 is 23.3. The molecule has 1 heterocycles. The Labute approximate surface area is 126 Å². The lowest BCUT2D eigenvalue weighted by Crippen LogP contribution is -2.48. The fourth-order valence-corrected chi connectivity index (χ4v) is 5.04. The molecule has 0 radical (unpaired) electrons. The van der Waals surface area contributed by atoms with Gasteiger partial charge in [-0.2, -0.15) is 0 Å². The summed E-state index contributed by atoms with van der Waals surface area (Å²) in [6.07, 6.45) is 4.28. The van der Waals surface area contributed by atoms with Gasteiger partial charge in [0.1, 0.15) is 0 Å². The van der Waals surface area contributed by atoms with Crippen LogP contribution in [-0.2, 0) is 14.6 Å². The third-order valence-corrected chi connectivity index (χ3v) is 6.26. The van der Waals surface area contributed by atoms with Crippen LogP contribution in [0.3, 0.4) is 0 Å². The van der Waals surface area contributed by atoms with Crippen LogP contribution in [0.25, 0.3) is 0 Å². The molecule has 1 saturated carbocycles. The monoisotopic (exact) mass is 319 g/mol. The summed E-state index contributed by atoms with van der Waals surface area (Å²) in [5.41, 5.74) is 0. The van der Waals surface area contributed by atoms with Crippen LogP contribution in [0.1, 0.15) is 38.5 Å². The van der Waals surface area contributed by atoms with Gasteiger partial charge in [0, 0.05) is 18.5 Å². The smallest absolute Gasteiger partial charge is 0.226 e. The molecule has 2 fully saturated rings. The van der Waals surface area contributed by atoms with Gasteiger partial charge in [0.05, 0.1) is 24.2 Å². The highest BCUT2D eigenvalue weighted by Gasteiger charge is 2.37. The normalized spacial score (nSPS) is 27.4. The van der Waals surface area contributed by atoms with Gasteiger partial charge in [0.25, 0.3) is 0 Å². The molecule has 0 aromatic carbocycles. The van der Waals surface area contributed by atoms with E-state index < -0.39 is 22.5 Å². The second kappa shape index (κ2) is 7.07. The Morgan fingerprint density at radius 1 is 1.19 bits per heavy atom. The molecule has 2 aliphatic rings. The molecule has 2 N–H and O–H groups in total. The van der Waals surface area contributed by atoms with Gasteiger partial charge in [0.2, 0.25) is 5.91 Å². The lowest BCUT2D eigenvalue weighted by Gasteiger charge is -2.34. The summed E-state index contributed by atoms with van der Waals surface area (Å²) in [5, 5.41) is 18.7. The Kier molecular flexibility index (Phi) is 5.62. The Morgan fingerprint density at radius 3 is 2.38 bits per heavy atom. The fraction of sp³-hybridized carbons (Fsp3) is 0.929. The zero-order chi connectivity index (χ0) is 15.5. The number of nitrogens with zero attached hydrogens (tertiary/aromatic N) is 1. The zero-order valence-electron chi connectivity index (χ0n) is 12.3. The number of sulfone groups is 1. The fourth-order valence-electron chi connectivity index (χ4n) is 3.31. The number of carbonyl (C=O) groups is 1. The maximum atomic E-state index is 12.7. The SMILES string of the molecule is O=C(C1CCCCC1)N(C[C@@H](O)CO)[C@@H]1CCS(=O)(=O)C1. The average molecular weight is 319 g/mol. The lowest BCUT2D eigenvalue weighted by atomic mass is 9.88. The van der Waals surface area contributed by atoms with Gasteiger partial charge in [-0.25, -0.2) is 8.42 Å². The Hall–Kier alpha value is -0.660. The topological polar surface area (TPSA) is 94.9 Å². The van der Waals surface area contributed by atoms with Crippen molar-refractivity contribution in [2.24, 2.45) is 5.92 Å². The maximum Gasteiger partial charge on any atom is 0.226 e. The van der Waals surface area contributed by atoms with Crippen molar-refractivity contribution in [1.82, 2.24) is 4.90 Å². The minimum absolute atomic E-state index is 0.0199. The van der Waals surface area contributed by atoms with Crippen molar-refractivity contribution < 1.29 is 23.4 Å². The number of amides is 1. The second-order valence-electron chi connectivity index (χ2n) is 6.22. The molecule has 1 saturated heterocycles. The van der Waals surface area contributed by atoms with Gasteiger partial charge in [0.15, 0.2) is 9.84 Å². The van der Waals surface area contributed by atoms with E-state index in [-0.39, 0.29) is 35.9 Å². The largest absolute Gasteiger partial charge is 0.394 e. The van der Waals surface area contributed by atoms with Crippen molar-refractivity contribution in [3.63, 3.8) is 0 Å². The highest BCUT2D eigenvalue weighted by molar-refractivity contribution is 7.91. The van der Waals surface area contributed by atoms with Gasteiger partial charge in [-0.3, -0.25) is 4.79 Å². The van der Waals surface area contributed by atoms with Crippen molar-refractivity contribution in [1.29, 1.82) is 0 Å². The summed E-state index contributed by atoms with van der Waals surface area (Å²) in [5.74, 6) is -0.0393. The van der Waals surface area contributed by atoms with Gasteiger partial charge in [-0.1, -0.05) is 19.3 Å². The van der Waals surface area contributed by atoms with Crippen LogP contribution in [0.5, 0.6) is 0 Å². The molecular weight excluding hydrogens is 294 g/mol. The van der Waals surface area contributed by atoms with E-state index in [1.54, 1.807) is 0 Å². The van der Waals surface area contributed by atoms with Crippen LogP contribution >= 0.6 is 0 Å². The van der Waals surface area contributed by atoms with E-state index in [1.165, 1.54) is 4.90 Å². The molecule has 0 bridgehead atoms. The molecule has 1 aliphatic heterocycles. The Bertz CT molecular complexity index is 458. The summed E-state index contributed by atoms with van der Waals surface area (Å²) >= 11 is 0. The molecule has 0 aromatic heterocycles. The lowest BCUT2D eigenvalue weighted by molar-refractivity contribution is -0.140. The Morgan fingerprint density at radius 2 is 1.86 bits per heavy atom. The molecule has 7 heteroatoms. The van der Waals surface area contributed by atoms with E-state index in [9.17, 15) is 18.3 Å². The van der Waals surface area contributed by atoms with Gasteiger partial charge < -0.3 is 15.1 Å². The molecule has 2 rings (SSSR count). The highest BCUT2D eigenvalue weighted by Crippen LogP contribution is 2.28. The number of hydrogen-bond donors (Lipinski definition) is 2. The quantitative estimate of drug-likeness (QED) is 0.740. The predicted molar refractivity (Wildman–Crippen MR) is 78.4 cm³/mol. The summed E-state index contributed by atoms with van der Waals surface area (Å²) in [6, 6.07) is -0.356. The van der Waals surface area contributed by atoms with Crippen LogP contribution in [0.15, 0.2) is 0 Å². The first-order chi connectivity index (χ1) is 9.93. The van der Waals surface area contributed by atoms with Gasteiger partial charge in [-0.15, -0.1) is 0 Å². The van der Waals surface area contributed by atoms with Gasteiger partial charge >= 0.3 is 0 Å². The first-order valence-corrected chi connectivity index (χ1v) is 9.55. The third-order valence-electron chi connectivity index (χ3n) is 4.50. The van der Waals surface area contributed by atoms with Crippen molar-refractivity contribution in [3.05, 3.63) is 0 Å². The van der Waals surface area contributed by atoms with Gasteiger partial charge in [-0.05, 0) is 19.3 Å². The van der Waals surface area contributed by atoms with E-state index >= 15 is 0 Å². The predicted octanol–water partition coefficient (Wildman–Crippen LogP) is -0.0644. The van der Waals surface area contributed by atoms with E-state index in [1.807, 2.05) is 0 Å². The molecule has 6 nitrogen and oxygen atoms in total. The van der Waals surface area contributed by atoms with Crippen LogP contribution in [0, 0.1) is 5.92 Å². The van der Waals surface area contributed by atoms with Crippen molar-refractivity contribution in [2.75, 3.05) is 24.7 Å². The van der Waals surface area contributed by atoms with Crippen molar-refractivity contribution >= 4 is 15.7 Å². The second-order valence-corrected chi connectivity index (χ2v) is 8.45. The number of aliphatic hydroxyl groups is 2. The standard InChI is InChI=1S/C14H25NO5S/c16-9-13(17)8-15(12-6-7-21(19,20)10-12)14(18)11-4-2-1-3-5-11/h11-13,16-17H,1-10H2/t12-,13-/m1/s1. The van der Waals surface area contributed by atoms with Crippen LogP contribution in [0.4, 0.5) is 0 Å².